The molecule has 1 aromatic rings. The summed E-state index contributed by atoms with van der Waals surface area (Å²) in [6.45, 7) is 3.63. The highest BCUT2D eigenvalue weighted by molar-refractivity contribution is 6.02. The summed E-state index contributed by atoms with van der Waals surface area (Å²) >= 11 is 0. The lowest BCUT2D eigenvalue weighted by Crippen LogP contribution is -2.42. The van der Waals surface area contributed by atoms with E-state index >= 15 is 0 Å². The SMILES string of the molecule is CC(C)CC(NC(=O)/C(C#N)=C\NC(=O)c1ccccc1N)C(=O)O. The van der Waals surface area contributed by atoms with E-state index in [-0.39, 0.29) is 23.6 Å². The summed E-state index contributed by atoms with van der Waals surface area (Å²) in [5.41, 5.74) is 5.70. The van der Waals surface area contributed by atoms with Crippen molar-refractivity contribution in [1.29, 1.82) is 5.26 Å². The van der Waals surface area contributed by atoms with Gasteiger partial charge in [-0.05, 0) is 24.5 Å². The Hall–Kier alpha value is -3.34. The van der Waals surface area contributed by atoms with Gasteiger partial charge in [0, 0.05) is 11.9 Å². The molecule has 0 bridgehead atoms. The lowest BCUT2D eigenvalue weighted by molar-refractivity contribution is -0.141. The van der Waals surface area contributed by atoms with Gasteiger partial charge in [0.15, 0.2) is 0 Å². The Labute approximate surface area is 145 Å². The molecule has 0 heterocycles. The van der Waals surface area contributed by atoms with Crippen LogP contribution in [0.3, 0.4) is 0 Å². The van der Waals surface area contributed by atoms with Crippen molar-refractivity contribution in [2.24, 2.45) is 5.92 Å². The van der Waals surface area contributed by atoms with Crippen LogP contribution in [0.1, 0.15) is 30.6 Å². The molecule has 0 aliphatic heterocycles. The van der Waals surface area contributed by atoms with Crippen LogP contribution in [0.5, 0.6) is 0 Å². The number of para-hydroxylation sites is 1. The van der Waals surface area contributed by atoms with Crippen molar-refractivity contribution in [3.8, 4) is 6.07 Å². The Morgan fingerprint density at radius 1 is 1.32 bits per heavy atom. The standard InChI is InChI=1S/C17H20N4O4/c1-10(2)7-14(17(24)25)21-15(22)11(8-18)9-20-16(23)12-5-3-4-6-13(12)19/h3-6,9-10,14H,7,19H2,1-2H3,(H,20,23)(H,21,22)(H,24,25)/b11-9-. The number of hydrogen-bond acceptors (Lipinski definition) is 5. The number of nitrogen functional groups attached to an aromatic ring is 1. The zero-order chi connectivity index (χ0) is 19.0. The number of rotatable bonds is 7. The molecule has 132 valence electrons. The van der Waals surface area contributed by atoms with Gasteiger partial charge in [-0.3, -0.25) is 9.59 Å². The first kappa shape index (κ1) is 19.7. The van der Waals surface area contributed by atoms with Crippen LogP contribution in [0, 0.1) is 17.2 Å². The van der Waals surface area contributed by atoms with E-state index in [1.807, 2.05) is 13.8 Å². The number of carboxylic acid groups (broad SMARTS) is 1. The van der Waals surface area contributed by atoms with Gasteiger partial charge in [0.1, 0.15) is 17.7 Å². The summed E-state index contributed by atoms with van der Waals surface area (Å²) in [6, 6.07) is 6.83. The van der Waals surface area contributed by atoms with Gasteiger partial charge in [0.2, 0.25) is 0 Å². The number of nitriles is 1. The van der Waals surface area contributed by atoms with Crippen molar-refractivity contribution in [3.63, 3.8) is 0 Å². The van der Waals surface area contributed by atoms with E-state index in [9.17, 15) is 14.4 Å². The molecule has 0 spiro atoms. The number of amides is 2. The van der Waals surface area contributed by atoms with Crippen LogP contribution in [0.2, 0.25) is 0 Å². The lowest BCUT2D eigenvalue weighted by Gasteiger charge is -2.16. The lowest BCUT2D eigenvalue weighted by atomic mass is 10.0. The Morgan fingerprint density at radius 2 is 1.96 bits per heavy atom. The van der Waals surface area contributed by atoms with E-state index in [0.717, 1.165) is 6.20 Å². The van der Waals surface area contributed by atoms with Gasteiger partial charge in [-0.1, -0.05) is 26.0 Å². The number of carbonyl (C=O) groups excluding carboxylic acids is 2. The van der Waals surface area contributed by atoms with E-state index in [1.54, 1.807) is 24.3 Å². The Morgan fingerprint density at radius 3 is 2.48 bits per heavy atom. The third kappa shape index (κ3) is 5.99. The van der Waals surface area contributed by atoms with E-state index in [2.05, 4.69) is 10.6 Å². The van der Waals surface area contributed by atoms with Gasteiger partial charge in [0.05, 0.1) is 5.56 Å². The molecule has 1 aromatic carbocycles. The maximum absolute atomic E-state index is 12.0. The molecule has 0 aliphatic rings. The number of carbonyl (C=O) groups is 3. The molecule has 1 unspecified atom stereocenters. The van der Waals surface area contributed by atoms with Gasteiger partial charge >= 0.3 is 5.97 Å². The third-order valence-electron chi connectivity index (χ3n) is 3.23. The van der Waals surface area contributed by atoms with Gasteiger partial charge in [-0.25, -0.2) is 4.79 Å². The number of aliphatic carboxylic acids is 1. The van der Waals surface area contributed by atoms with Crippen molar-refractivity contribution < 1.29 is 19.5 Å². The second kappa shape index (κ2) is 9.08. The predicted octanol–water partition coefficient (Wildman–Crippen LogP) is 1.02. The molecule has 2 amide bonds. The first-order chi connectivity index (χ1) is 11.8. The third-order valence-corrected chi connectivity index (χ3v) is 3.23. The van der Waals surface area contributed by atoms with Gasteiger partial charge < -0.3 is 21.5 Å². The molecule has 25 heavy (non-hydrogen) atoms. The number of nitrogens with two attached hydrogens (primary N) is 1. The molecule has 0 aliphatic carbocycles. The highest BCUT2D eigenvalue weighted by Crippen LogP contribution is 2.10. The fourth-order valence-corrected chi connectivity index (χ4v) is 2.00. The topological polar surface area (TPSA) is 145 Å². The second-order valence-electron chi connectivity index (χ2n) is 5.72. The van der Waals surface area contributed by atoms with Crippen molar-refractivity contribution in [1.82, 2.24) is 10.6 Å². The molecular weight excluding hydrogens is 324 g/mol. The summed E-state index contributed by atoms with van der Waals surface area (Å²) in [7, 11) is 0. The van der Waals surface area contributed by atoms with Gasteiger partial charge in [0.25, 0.3) is 11.8 Å². The Bertz CT molecular complexity index is 734. The van der Waals surface area contributed by atoms with Crippen molar-refractivity contribution in [3.05, 3.63) is 41.6 Å². The van der Waals surface area contributed by atoms with E-state index in [4.69, 9.17) is 16.1 Å². The quantitative estimate of drug-likeness (QED) is 0.330. The maximum Gasteiger partial charge on any atom is 0.326 e. The summed E-state index contributed by atoms with van der Waals surface area (Å²) in [6.07, 6.45) is 1.14. The fraction of sp³-hybridized carbons (Fsp3) is 0.294. The molecule has 0 aromatic heterocycles. The first-order valence-electron chi connectivity index (χ1n) is 7.55. The number of benzene rings is 1. The van der Waals surface area contributed by atoms with Crippen LogP contribution >= 0.6 is 0 Å². The number of nitrogens with one attached hydrogen (secondary N) is 2. The molecule has 1 atom stereocenters. The van der Waals surface area contributed by atoms with Crippen molar-refractivity contribution >= 4 is 23.5 Å². The summed E-state index contributed by atoms with van der Waals surface area (Å²) in [5, 5.41) is 22.8. The average molecular weight is 344 g/mol. The van der Waals surface area contributed by atoms with Crippen LogP contribution in [-0.4, -0.2) is 28.9 Å². The summed E-state index contributed by atoms with van der Waals surface area (Å²) in [4.78, 5) is 35.2. The van der Waals surface area contributed by atoms with Crippen LogP contribution in [-0.2, 0) is 9.59 Å². The molecule has 0 saturated heterocycles. The molecule has 0 fully saturated rings. The fourth-order valence-electron chi connectivity index (χ4n) is 2.00. The Balaban J connectivity index is 2.83. The van der Waals surface area contributed by atoms with E-state index < -0.39 is 29.4 Å². The zero-order valence-electron chi connectivity index (χ0n) is 13.9. The minimum absolute atomic E-state index is 0.0386. The van der Waals surface area contributed by atoms with Gasteiger partial charge in [-0.15, -0.1) is 0 Å². The number of nitrogens with zero attached hydrogens (tertiary/aromatic N) is 1. The highest BCUT2D eigenvalue weighted by Gasteiger charge is 2.23. The number of anilines is 1. The Kier molecular flexibility index (Phi) is 7.16. The molecule has 1 rings (SSSR count). The molecular formula is C17H20N4O4. The largest absolute Gasteiger partial charge is 0.480 e. The number of hydrogen-bond donors (Lipinski definition) is 4. The molecule has 0 saturated carbocycles. The van der Waals surface area contributed by atoms with Crippen LogP contribution in [0.4, 0.5) is 5.69 Å². The first-order valence-corrected chi connectivity index (χ1v) is 7.55. The average Bonchev–Trinajstić information content (AvgIpc) is 2.54. The van der Waals surface area contributed by atoms with Crippen molar-refractivity contribution in [2.75, 3.05) is 5.73 Å². The molecule has 8 heteroatoms. The predicted molar refractivity (Wildman–Crippen MR) is 91.0 cm³/mol. The number of carboxylic acids is 1. The monoisotopic (exact) mass is 344 g/mol. The van der Waals surface area contributed by atoms with Crippen LogP contribution in [0.15, 0.2) is 36.0 Å². The van der Waals surface area contributed by atoms with E-state index in [1.165, 1.54) is 6.07 Å². The zero-order valence-corrected chi connectivity index (χ0v) is 13.9. The second-order valence-corrected chi connectivity index (χ2v) is 5.72. The molecule has 5 N–H and O–H groups in total. The summed E-state index contributed by atoms with van der Waals surface area (Å²) < 4.78 is 0. The van der Waals surface area contributed by atoms with E-state index in [0.29, 0.717) is 0 Å². The molecule has 8 nitrogen and oxygen atoms in total. The molecule has 0 radical (unpaired) electrons. The summed E-state index contributed by atoms with van der Waals surface area (Å²) in [5.74, 6) is -2.62. The van der Waals surface area contributed by atoms with Crippen LogP contribution < -0.4 is 16.4 Å². The van der Waals surface area contributed by atoms with Crippen LogP contribution in [0.25, 0.3) is 0 Å². The highest BCUT2D eigenvalue weighted by atomic mass is 16.4. The van der Waals surface area contributed by atoms with Gasteiger partial charge in [-0.2, -0.15) is 5.26 Å². The maximum atomic E-state index is 12.0. The van der Waals surface area contributed by atoms with Crippen molar-refractivity contribution in [2.45, 2.75) is 26.3 Å². The minimum atomic E-state index is -1.19. The normalized spacial score (nSPS) is 12.2. The minimum Gasteiger partial charge on any atom is -0.480 e. The smallest absolute Gasteiger partial charge is 0.326 e.